The summed E-state index contributed by atoms with van der Waals surface area (Å²) in [5, 5.41) is 18.6. The Hall–Kier alpha value is -3.40. The topological polar surface area (TPSA) is 74.6 Å². The third-order valence-electron chi connectivity index (χ3n) is 3.80. The summed E-state index contributed by atoms with van der Waals surface area (Å²) in [6, 6.07) is 21.3. The van der Waals surface area contributed by atoms with Crippen molar-refractivity contribution in [2.45, 2.75) is 0 Å². The van der Waals surface area contributed by atoms with Crippen molar-refractivity contribution in [1.29, 1.82) is 0 Å². The smallest absolute Gasteiger partial charge is 0.336 e. The van der Waals surface area contributed by atoms with E-state index in [2.05, 4.69) is 0 Å². The summed E-state index contributed by atoms with van der Waals surface area (Å²) < 4.78 is 0. The Bertz CT molecular complexity index is 914. The van der Waals surface area contributed by atoms with Crippen LogP contribution in [-0.4, -0.2) is 22.2 Å². The highest BCUT2D eigenvalue weighted by molar-refractivity contribution is 6.01. The zero-order valence-electron chi connectivity index (χ0n) is 12.6. The monoisotopic (exact) mass is 318 g/mol. The summed E-state index contributed by atoms with van der Waals surface area (Å²) in [5.74, 6) is -2.31. The van der Waals surface area contributed by atoms with E-state index in [-0.39, 0.29) is 11.1 Å². The standard InChI is InChI=1S/C20H14O4/c21-19(22)14-10-11-17(18(12-14)20(23)24)16-9-5-4-8-15(16)13-6-2-1-3-7-13/h1-12H,(H,21,22)(H,23,24). The molecule has 0 aromatic heterocycles. The molecule has 0 aliphatic carbocycles. The lowest BCUT2D eigenvalue weighted by Crippen LogP contribution is -2.04. The van der Waals surface area contributed by atoms with Crippen molar-refractivity contribution in [3.8, 4) is 22.3 Å². The Labute approximate surface area is 138 Å². The Balaban J connectivity index is 2.24. The van der Waals surface area contributed by atoms with E-state index in [4.69, 9.17) is 5.11 Å². The van der Waals surface area contributed by atoms with Crippen molar-refractivity contribution in [3.63, 3.8) is 0 Å². The predicted molar refractivity (Wildman–Crippen MR) is 91.2 cm³/mol. The lowest BCUT2D eigenvalue weighted by atomic mass is 9.91. The summed E-state index contributed by atoms with van der Waals surface area (Å²) in [7, 11) is 0. The van der Waals surface area contributed by atoms with Crippen LogP contribution in [0.2, 0.25) is 0 Å². The minimum atomic E-state index is -1.16. The fourth-order valence-corrected chi connectivity index (χ4v) is 2.68. The van der Waals surface area contributed by atoms with Gasteiger partial charge in [0.05, 0.1) is 11.1 Å². The second kappa shape index (κ2) is 6.38. The van der Waals surface area contributed by atoms with E-state index in [0.29, 0.717) is 5.56 Å². The van der Waals surface area contributed by atoms with Crippen LogP contribution in [0, 0.1) is 0 Å². The third-order valence-corrected chi connectivity index (χ3v) is 3.80. The van der Waals surface area contributed by atoms with Crippen LogP contribution in [0.25, 0.3) is 22.3 Å². The van der Waals surface area contributed by atoms with Gasteiger partial charge in [0.15, 0.2) is 0 Å². The summed E-state index contributed by atoms with van der Waals surface area (Å²) in [5.41, 5.74) is 3.02. The number of hydrogen-bond donors (Lipinski definition) is 2. The summed E-state index contributed by atoms with van der Waals surface area (Å²) in [4.78, 5) is 22.7. The molecule has 0 amide bonds. The average molecular weight is 318 g/mol. The molecule has 4 nitrogen and oxygen atoms in total. The maximum atomic E-state index is 11.6. The highest BCUT2D eigenvalue weighted by Crippen LogP contribution is 2.34. The molecule has 24 heavy (non-hydrogen) atoms. The van der Waals surface area contributed by atoms with Gasteiger partial charge in [-0.3, -0.25) is 0 Å². The number of benzene rings is 3. The van der Waals surface area contributed by atoms with Crippen LogP contribution < -0.4 is 0 Å². The maximum absolute atomic E-state index is 11.6. The van der Waals surface area contributed by atoms with Crippen molar-refractivity contribution in [2.24, 2.45) is 0 Å². The molecule has 0 aliphatic heterocycles. The molecule has 118 valence electrons. The number of carboxylic acids is 2. The number of carbonyl (C=O) groups is 2. The molecule has 0 saturated heterocycles. The van der Waals surface area contributed by atoms with E-state index < -0.39 is 11.9 Å². The van der Waals surface area contributed by atoms with Crippen LogP contribution in [0.3, 0.4) is 0 Å². The van der Waals surface area contributed by atoms with Gasteiger partial charge in [0, 0.05) is 0 Å². The fourth-order valence-electron chi connectivity index (χ4n) is 2.68. The maximum Gasteiger partial charge on any atom is 0.336 e. The zero-order valence-corrected chi connectivity index (χ0v) is 12.6. The van der Waals surface area contributed by atoms with Gasteiger partial charge < -0.3 is 10.2 Å². The van der Waals surface area contributed by atoms with E-state index in [0.717, 1.165) is 16.7 Å². The van der Waals surface area contributed by atoms with Crippen molar-refractivity contribution in [2.75, 3.05) is 0 Å². The first-order valence-corrected chi connectivity index (χ1v) is 7.33. The van der Waals surface area contributed by atoms with Gasteiger partial charge >= 0.3 is 11.9 Å². The molecule has 0 bridgehead atoms. The van der Waals surface area contributed by atoms with Crippen LogP contribution in [0.1, 0.15) is 20.7 Å². The molecule has 0 unspecified atom stereocenters. The minimum absolute atomic E-state index is 0.0294. The SMILES string of the molecule is O=C(O)c1ccc(-c2ccccc2-c2ccccc2)c(C(=O)O)c1. The van der Waals surface area contributed by atoms with Gasteiger partial charge in [0.1, 0.15) is 0 Å². The van der Waals surface area contributed by atoms with Gasteiger partial charge in [-0.1, -0.05) is 60.7 Å². The van der Waals surface area contributed by atoms with Gasteiger partial charge in [0.2, 0.25) is 0 Å². The van der Waals surface area contributed by atoms with Gasteiger partial charge in [-0.15, -0.1) is 0 Å². The van der Waals surface area contributed by atoms with Gasteiger partial charge in [-0.2, -0.15) is 0 Å². The van der Waals surface area contributed by atoms with Crippen LogP contribution in [0.4, 0.5) is 0 Å². The third kappa shape index (κ3) is 2.90. The predicted octanol–water partition coefficient (Wildman–Crippen LogP) is 4.42. The van der Waals surface area contributed by atoms with E-state index in [1.165, 1.54) is 12.1 Å². The van der Waals surface area contributed by atoms with E-state index in [1.807, 2.05) is 54.6 Å². The van der Waals surface area contributed by atoms with Crippen LogP contribution >= 0.6 is 0 Å². The summed E-state index contributed by atoms with van der Waals surface area (Å²) in [6.07, 6.45) is 0. The number of rotatable bonds is 4. The second-order valence-electron chi connectivity index (χ2n) is 5.28. The lowest BCUT2D eigenvalue weighted by Gasteiger charge is -2.13. The molecule has 0 heterocycles. The van der Waals surface area contributed by atoms with Gasteiger partial charge in [-0.05, 0) is 34.4 Å². The fraction of sp³-hybridized carbons (Fsp3) is 0. The van der Waals surface area contributed by atoms with Crippen molar-refractivity contribution in [1.82, 2.24) is 0 Å². The first-order valence-electron chi connectivity index (χ1n) is 7.33. The Morgan fingerprint density at radius 1 is 0.625 bits per heavy atom. The molecule has 0 aliphatic rings. The highest BCUT2D eigenvalue weighted by atomic mass is 16.4. The lowest BCUT2D eigenvalue weighted by molar-refractivity contribution is 0.0696. The largest absolute Gasteiger partial charge is 0.478 e. The van der Waals surface area contributed by atoms with E-state index in [1.54, 1.807) is 6.07 Å². The average Bonchev–Trinajstić information content (AvgIpc) is 2.62. The molecule has 0 fully saturated rings. The summed E-state index contributed by atoms with van der Waals surface area (Å²) in [6.45, 7) is 0. The van der Waals surface area contributed by atoms with Gasteiger partial charge in [-0.25, -0.2) is 9.59 Å². The molecule has 0 spiro atoms. The molecule has 3 aromatic rings. The van der Waals surface area contributed by atoms with E-state index >= 15 is 0 Å². The van der Waals surface area contributed by atoms with E-state index in [9.17, 15) is 14.7 Å². The van der Waals surface area contributed by atoms with Crippen LogP contribution in [0.15, 0.2) is 72.8 Å². The Kier molecular flexibility index (Phi) is 4.12. The molecule has 4 heteroatoms. The van der Waals surface area contributed by atoms with Crippen molar-refractivity contribution >= 4 is 11.9 Å². The molecule has 0 radical (unpaired) electrons. The molecular formula is C20H14O4. The van der Waals surface area contributed by atoms with Crippen molar-refractivity contribution < 1.29 is 19.8 Å². The first kappa shape index (κ1) is 15.5. The zero-order chi connectivity index (χ0) is 17.1. The molecule has 3 rings (SSSR count). The molecule has 0 saturated carbocycles. The number of carboxylic acid groups (broad SMARTS) is 2. The summed E-state index contributed by atoms with van der Waals surface area (Å²) >= 11 is 0. The second-order valence-corrected chi connectivity index (χ2v) is 5.28. The number of hydrogen-bond acceptors (Lipinski definition) is 2. The van der Waals surface area contributed by atoms with Crippen molar-refractivity contribution in [3.05, 3.63) is 83.9 Å². The normalized spacial score (nSPS) is 10.3. The molecule has 2 N–H and O–H groups in total. The quantitative estimate of drug-likeness (QED) is 0.747. The Morgan fingerprint density at radius 3 is 1.88 bits per heavy atom. The minimum Gasteiger partial charge on any atom is -0.478 e. The molecule has 3 aromatic carbocycles. The highest BCUT2D eigenvalue weighted by Gasteiger charge is 2.17. The van der Waals surface area contributed by atoms with Crippen LogP contribution in [0.5, 0.6) is 0 Å². The Morgan fingerprint density at radius 2 is 1.25 bits per heavy atom. The molecular weight excluding hydrogens is 304 g/mol. The number of aromatic carboxylic acids is 2. The van der Waals surface area contributed by atoms with Gasteiger partial charge in [0.25, 0.3) is 0 Å². The molecule has 0 atom stereocenters. The van der Waals surface area contributed by atoms with Crippen LogP contribution in [-0.2, 0) is 0 Å². The first-order chi connectivity index (χ1) is 11.6.